The molecule has 1 unspecified atom stereocenters. The van der Waals surface area contributed by atoms with Gasteiger partial charge in [0.2, 0.25) is 0 Å². The Morgan fingerprint density at radius 2 is 1.75 bits per heavy atom. The fourth-order valence-corrected chi connectivity index (χ4v) is 5.37. The molecule has 0 saturated carbocycles. The molecule has 1 atom stereocenters. The molecule has 1 aromatic rings. The highest BCUT2D eigenvalue weighted by Crippen LogP contribution is 2.49. The lowest BCUT2D eigenvalue weighted by atomic mass is 10.2. The van der Waals surface area contributed by atoms with Crippen LogP contribution in [0.5, 0.6) is 0 Å². The first kappa shape index (κ1) is 12.3. The zero-order valence-electron chi connectivity index (χ0n) is 10.2. The number of fused-ring (bicyclic) bond motifs is 1. The van der Waals surface area contributed by atoms with E-state index in [-0.39, 0.29) is 0 Å². The first-order chi connectivity index (χ1) is 7.59. The summed E-state index contributed by atoms with van der Waals surface area (Å²) < 4.78 is 0.499. The number of aromatic nitrogens is 1. The summed E-state index contributed by atoms with van der Waals surface area (Å²) in [6.45, 7) is 9.06. The lowest BCUT2D eigenvalue weighted by Gasteiger charge is -2.34. The summed E-state index contributed by atoms with van der Waals surface area (Å²) in [5, 5.41) is 0. The molecule has 16 heavy (non-hydrogen) atoms. The molecule has 1 aliphatic rings. The van der Waals surface area contributed by atoms with Crippen LogP contribution in [0, 0.1) is 0 Å². The van der Waals surface area contributed by atoms with Crippen molar-refractivity contribution in [3.05, 3.63) is 18.5 Å². The summed E-state index contributed by atoms with van der Waals surface area (Å²) in [6, 6.07) is 3.27. The van der Waals surface area contributed by atoms with Crippen LogP contribution in [0.2, 0.25) is 0 Å². The average molecular weight is 254 g/mol. The van der Waals surface area contributed by atoms with Gasteiger partial charge in [-0.05, 0) is 33.8 Å². The molecule has 0 saturated heterocycles. The molecule has 0 fully saturated rings. The van der Waals surface area contributed by atoms with Crippen LogP contribution in [-0.2, 0) is 0 Å². The van der Waals surface area contributed by atoms with E-state index in [9.17, 15) is 0 Å². The molecule has 2 rings (SSSR count). The predicted molar refractivity (Wildman–Crippen MR) is 71.9 cm³/mol. The maximum atomic E-state index is 4.19. The fraction of sp³-hybridized carbons (Fsp3) is 0.583. The van der Waals surface area contributed by atoms with E-state index in [1.165, 1.54) is 9.79 Å². The van der Waals surface area contributed by atoms with Crippen LogP contribution in [0.3, 0.4) is 0 Å². The van der Waals surface area contributed by atoms with Gasteiger partial charge in [0, 0.05) is 34.3 Å². The second kappa shape index (κ2) is 4.98. The molecule has 0 aromatic carbocycles. The SMILES string of the molecule is CC(C)N(C(C)C)C1Sc2ccncc2S1. The van der Waals surface area contributed by atoms with Crippen molar-refractivity contribution in [2.75, 3.05) is 0 Å². The number of hydrogen-bond acceptors (Lipinski definition) is 4. The van der Waals surface area contributed by atoms with Gasteiger partial charge in [-0.2, -0.15) is 0 Å². The van der Waals surface area contributed by atoms with Crippen LogP contribution < -0.4 is 0 Å². The van der Waals surface area contributed by atoms with Crippen molar-refractivity contribution in [2.24, 2.45) is 0 Å². The average Bonchev–Trinajstić information content (AvgIpc) is 2.58. The second-order valence-corrected chi connectivity index (χ2v) is 7.04. The van der Waals surface area contributed by atoms with Crippen molar-refractivity contribution in [1.82, 2.24) is 9.88 Å². The summed E-state index contributed by atoms with van der Waals surface area (Å²) in [4.78, 5) is 9.43. The van der Waals surface area contributed by atoms with Gasteiger partial charge >= 0.3 is 0 Å². The highest BCUT2D eigenvalue weighted by atomic mass is 32.2. The van der Waals surface area contributed by atoms with Gasteiger partial charge in [0.25, 0.3) is 0 Å². The van der Waals surface area contributed by atoms with E-state index in [1.54, 1.807) is 0 Å². The van der Waals surface area contributed by atoms with Crippen LogP contribution in [0.4, 0.5) is 0 Å². The Morgan fingerprint density at radius 3 is 2.31 bits per heavy atom. The third kappa shape index (κ3) is 2.39. The second-order valence-electron chi connectivity index (χ2n) is 4.50. The molecule has 2 nitrogen and oxygen atoms in total. The minimum Gasteiger partial charge on any atom is -0.278 e. The smallest absolute Gasteiger partial charge is 0.112 e. The zero-order valence-corrected chi connectivity index (χ0v) is 11.8. The van der Waals surface area contributed by atoms with E-state index in [0.29, 0.717) is 16.8 Å². The van der Waals surface area contributed by atoms with E-state index in [1.807, 2.05) is 35.9 Å². The Hall–Kier alpha value is -0.190. The minimum atomic E-state index is 0.499. The molecule has 0 aliphatic carbocycles. The molecule has 4 heteroatoms. The fourth-order valence-electron chi connectivity index (χ4n) is 2.00. The Kier molecular flexibility index (Phi) is 3.82. The predicted octanol–water partition coefficient (Wildman–Crippen LogP) is 3.68. The lowest BCUT2D eigenvalue weighted by Crippen LogP contribution is -2.41. The van der Waals surface area contributed by atoms with Gasteiger partial charge in [0.15, 0.2) is 0 Å². The molecular formula is C12H18N2S2. The molecule has 1 aliphatic heterocycles. The van der Waals surface area contributed by atoms with E-state index in [2.05, 4.69) is 43.6 Å². The third-order valence-corrected chi connectivity index (χ3v) is 5.42. The van der Waals surface area contributed by atoms with Crippen LogP contribution in [-0.4, -0.2) is 26.7 Å². The van der Waals surface area contributed by atoms with Crippen LogP contribution >= 0.6 is 23.5 Å². The quantitative estimate of drug-likeness (QED) is 0.817. The van der Waals surface area contributed by atoms with Crippen molar-refractivity contribution in [3.8, 4) is 0 Å². The number of thioether (sulfide) groups is 2. The monoisotopic (exact) mass is 254 g/mol. The topological polar surface area (TPSA) is 16.1 Å². The largest absolute Gasteiger partial charge is 0.278 e. The maximum absolute atomic E-state index is 4.19. The molecule has 0 amide bonds. The van der Waals surface area contributed by atoms with Crippen molar-refractivity contribution < 1.29 is 0 Å². The van der Waals surface area contributed by atoms with Crippen LogP contribution in [0.15, 0.2) is 28.3 Å². The highest BCUT2D eigenvalue weighted by Gasteiger charge is 2.31. The summed E-state index contributed by atoms with van der Waals surface area (Å²) >= 11 is 3.88. The van der Waals surface area contributed by atoms with Gasteiger partial charge in [-0.15, -0.1) is 0 Å². The van der Waals surface area contributed by atoms with E-state index in [4.69, 9.17) is 0 Å². The maximum Gasteiger partial charge on any atom is 0.112 e. The number of rotatable bonds is 3. The minimum absolute atomic E-state index is 0.499. The van der Waals surface area contributed by atoms with Crippen LogP contribution in [0.25, 0.3) is 0 Å². The molecule has 0 radical (unpaired) electrons. The molecule has 1 aromatic heterocycles. The Morgan fingerprint density at radius 1 is 1.12 bits per heavy atom. The van der Waals surface area contributed by atoms with Crippen molar-refractivity contribution in [1.29, 1.82) is 0 Å². The number of hydrogen-bond donors (Lipinski definition) is 0. The van der Waals surface area contributed by atoms with Crippen LogP contribution in [0.1, 0.15) is 27.7 Å². The molecule has 0 bridgehead atoms. The summed E-state index contributed by atoms with van der Waals surface area (Å²) in [5.74, 6) is 0. The van der Waals surface area contributed by atoms with Gasteiger partial charge in [0.1, 0.15) is 4.71 Å². The number of pyridine rings is 1. The van der Waals surface area contributed by atoms with Gasteiger partial charge in [0.05, 0.1) is 0 Å². The molecule has 0 N–H and O–H groups in total. The third-order valence-electron chi connectivity index (χ3n) is 2.64. The molecule has 0 spiro atoms. The van der Waals surface area contributed by atoms with Crippen molar-refractivity contribution in [2.45, 2.75) is 54.3 Å². The summed E-state index contributed by atoms with van der Waals surface area (Å²) in [6.07, 6.45) is 3.86. The van der Waals surface area contributed by atoms with E-state index < -0.39 is 0 Å². The van der Waals surface area contributed by atoms with Gasteiger partial charge in [-0.25, -0.2) is 0 Å². The Bertz CT molecular complexity index is 333. The lowest BCUT2D eigenvalue weighted by molar-refractivity contribution is 0.197. The van der Waals surface area contributed by atoms with Gasteiger partial charge < -0.3 is 0 Å². The summed E-state index contributed by atoms with van der Waals surface area (Å²) in [5.41, 5.74) is 0. The van der Waals surface area contributed by atoms with E-state index in [0.717, 1.165) is 0 Å². The molecular weight excluding hydrogens is 236 g/mol. The summed E-state index contributed by atoms with van der Waals surface area (Å²) in [7, 11) is 0. The van der Waals surface area contributed by atoms with Crippen molar-refractivity contribution >= 4 is 23.5 Å². The highest BCUT2D eigenvalue weighted by molar-refractivity contribution is 8.19. The first-order valence-electron chi connectivity index (χ1n) is 5.64. The Balaban J connectivity index is 2.15. The van der Waals surface area contributed by atoms with E-state index >= 15 is 0 Å². The first-order valence-corrected chi connectivity index (χ1v) is 7.40. The Labute approximate surface area is 106 Å². The standard InChI is InChI=1S/C12H18N2S2/c1-8(2)14(9(3)4)12-15-10-5-6-13-7-11(10)16-12/h5-9,12H,1-4H3. The van der Waals surface area contributed by atoms with Gasteiger partial charge in [-0.1, -0.05) is 23.5 Å². The zero-order chi connectivity index (χ0) is 11.7. The molecule has 88 valence electrons. The number of nitrogens with zero attached hydrogens (tertiary/aromatic N) is 2. The van der Waals surface area contributed by atoms with Crippen molar-refractivity contribution in [3.63, 3.8) is 0 Å². The normalized spacial score (nSPS) is 19.8. The molecule has 2 heterocycles. The van der Waals surface area contributed by atoms with Gasteiger partial charge in [-0.3, -0.25) is 9.88 Å².